The Kier molecular flexibility index (Phi) is 7.55. The van der Waals surface area contributed by atoms with Gasteiger partial charge in [-0.15, -0.1) is 0 Å². The fourth-order valence-corrected chi connectivity index (χ4v) is 2.52. The molecule has 0 heterocycles. The van der Waals surface area contributed by atoms with Crippen LogP contribution in [-0.4, -0.2) is 35.4 Å². The minimum atomic E-state index is -1.06. The van der Waals surface area contributed by atoms with Gasteiger partial charge in [0.25, 0.3) is 0 Å². The average molecular weight is 369 g/mol. The van der Waals surface area contributed by atoms with E-state index in [0.717, 1.165) is 5.56 Å². The molecule has 2 N–H and O–H groups in total. The van der Waals surface area contributed by atoms with Crippen molar-refractivity contribution in [3.8, 4) is 5.75 Å². The summed E-state index contributed by atoms with van der Waals surface area (Å²) in [7, 11) is 0. The SMILES string of the molecule is CC(=O)c1ccc(OCCCC(=O)N[C@@H](Cc2ccccc2)C(=O)O)cc1. The van der Waals surface area contributed by atoms with Gasteiger partial charge in [-0.05, 0) is 43.2 Å². The number of rotatable bonds is 10. The largest absolute Gasteiger partial charge is 0.494 e. The monoisotopic (exact) mass is 369 g/mol. The number of aliphatic carboxylic acids is 1. The van der Waals surface area contributed by atoms with Gasteiger partial charge in [0.05, 0.1) is 6.61 Å². The van der Waals surface area contributed by atoms with Crippen LogP contribution in [0.3, 0.4) is 0 Å². The molecule has 142 valence electrons. The lowest BCUT2D eigenvalue weighted by atomic mass is 10.1. The van der Waals surface area contributed by atoms with E-state index in [-0.39, 0.29) is 24.5 Å². The first-order valence-corrected chi connectivity index (χ1v) is 8.75. The lowest BCUT2D eigenvalue weighted by Crippen LogP contribution is -2.42. The Morgan fingerprint density at radius 2 is 1.70 bits per heavy atom. The van der Waals surface area contributed by atoms with Gasteiger partial charge in [0, 0.05) is 18.4 Å². The van der Waals surface area contributed by atoms with E-state index in [1.165, 1.54) is 6.92 Å². The molecule has 0 saturated carbocycles. The Morgan fingerprint density at radius 3 is 2.30 bits per heavy atom. The Balaban J connectivity index is 1.74. The summed E-state index contributed by atoms with van der Waals surface area (Å²) >= 11 is 0. The van der Waals surface area contributed by atoms with Crippen LogP contribution in [0.4, 0.5) is 0 Å². The molecule has 27 heavy (non-hydrogen) atoms. The highest BCUT2D eigenvalue weighted by Crippen LogP contribution is 2.13. The molecule has 2 aromatic rings. The van der Waals surface area contributed by atoms with Crippen LogP contribution in [0.15, 0.2) is 54.6 Å². The number of ether oxygens (including phenoxy) is 1. The van der Waals surface area contributed by atoms with E-state index in [1.807, 2.05) is 30.3 Å². The molecule has 1 atom stereocenters. The Bertz CT molecular complexity index is 771. The highest BCUT2D eigenvalue weighted by Gasteiger charge is 2.20. The van der Waals surface area contributed by atoms with Gasteiger partial charge in [0.15, 0.2) is 5.78 Å². The molecule has 0 unspecified atom stereocenters. The molecule has 1 amide bonds. The first kappa shape index (κ1) is 20.2. The number of ketones is 1. The Labute approximate surface area is 158 Å². The van der Waals surface area contributed by atoms with Crippen molar-refractivity contribution >= 4 is 17.7 Å². The van der Waals surface area contributed by atoms with Crippen LogP contribution in [0.5, 0.6) is 5.75 Å². The van der Waals surface area contributed by atoms with Gasteiger partial charge in [-0.2, -0.15) is 0 Å². The Hall–Kier alpha value is -3.15. The van der Waals surface area contributed by atoms with Crippen molar-refractivity contribution in [3.63, 3.8) is 0 Å². The number of carboxylic acids is 1. The molecule has 0 aliphatic rings. The van der Waals surface area contributed by atoms with Crippen LogP contribution in [0.2, 0.25) is 0 Å². The van der Waals surface area contributed by atoms with Gasteiger partial charge in [0.2, 0.25) is 5.91 Å². The summed E-state index contributed by atoms with van der Waals surface area (Å²) in [5.74, 6) is -0.780. The normalized spacial score (nSPS) is 11.4. The van der Waals surface area contributed by atoms with Crippen LogP contribution >= 0.6 is 0 Å². The second kappa shape index (κ2) is 10.1. The van der Waals surface area contributed by atoms with Crippen molar-refractivity contribution in [2.24, 2.45) is 0 Å². The van der Waals surface area contributed by atoms with Crippen molar-refractivity contribution in [3.05, 3.63) is 65.7 Å². The average Bonchev–Trinajstić information content (AvgIpc) is 2.66. The second-order valence-corrected chi connectivity index (χ2v) is 6.18. The topological polar surface area (TPSA) is 92.7 Å². The first-order chi connectivity index (χ1) is 13.0. The van der Waals surface area contributed by atoms with Crippen LogP contribution in [-0.2, 0) is 16.0 Å². The van der Waals surface area contributed by atoms with Gasteiger partial charge in [0.1, 0.15) is 11.8 Å². The van der Waals surface area contributed by atoms with Crippen molar-refractivity contribution in [2.45, 2.75) is 32.2 Å². The third kappa shape index (κ3) is 6.93. The molecular weight excluding hydrogens is 346 g/mol. The summed E-state index contributed by atoms with van der Waals surface area (Å²) in [6.45, 7) is 1.82. The third-order valence-corrected chi connectivity index (χ3v) is 3.99. The van der Waals surface area contributed by atoms with Gasteiger partial charge >= 0.3 is 5.97 Å². The van der Waals surface area contributed by atoms with Gasteiger partial charge in [-0.3, -0.25) is 9.59 Å². The van der Waals surface area contributed by atoms with Crippen LogP contribution in [0.25, 0.3) is 0 Å². The van der Waals surface area contributed by atoms with Gasteiger partial charge in [-0.25, -0.2) is 4.79 Å². The lowest BCUT2D eigenvalue weighted by molar-refractivity contribution is -0.141. The second-order valence-electron chi connectivity index (χ2n) is 6.18. The van der Waals surface area contributed by atoms with Crippen molar-refractivity contribution in [2.75, 3.05) is 6.61 Å². The molecule has 2 aromatic carbocycles. The summed E-state index contributed by atoms with van der Waals surface area (Å²) in [6, 6.07) is 15.0. The number of nitrogens with one attached hydrogen (secondary N) is 1. The predicted molar refractivity (Wildman–Crippen MR) is 101 cm³/mol. The molecule has 0 radical (unpaired) electrons. The molecule has 0 aliphatic carbocycles. The first-order valence-electron chi connectivity index (χ1n) is 8.75. The third-order valence-electron chi connectivity index (χ3n) is 3.99. The predicted octanol–water partition coefficient (Wildman–Crippen LogP) is 2.86. The van der Waals surface area contributed by atoms with E-state index in [9.17, 15) is 19.5 Å². The molecule has 0 fully saturated rings. The minimum Gasteiger partial charge on any atom is -0.494 e. The molecule has 0 aromatic heterocycles. The fraction of sp³-hybridized carbons (Fsp3) is 0.286. The van der Waals surface area contributed by atoms with Crippen LogP contribution < -0.4 is 10.1 Å². The summed E-state index contributed by atoms with van der Waals surface area (Å²) < 4.78 is 5.53. The summed E-state index contributed by atoms with van der Waals surface area (Å²) in [5.41, 5.74) is 1.46. The minimum absolute atomic E-state index is 0.0123. The number of hydrogen-bond acceptors (Lipinski definition) is 4. The van der Waals surface area contributed by atoms with Crippen molar-refractivity contribution in [1.82, 2.24) is 5.32 Å². The number of carbonyl (C=O) groups is 3. The molecule has 0 spiro atoms. The van der Waals surface area contributed by atoms with Gasteiger partial charge in [-0.1, -0.05) is 30.3 Å². The standard InChI is InChI=1S/C21H23NO5/c1-15(23)17-9-11-18(12-10-17)27-13-5-8-20(24)22-19(21(25)26)14-16-6-3-2-4-7-16/h2-4,6-7,9-12,19H,5,8,13-14H2,1H3,(H,22,24)(H,25,26)/t19-/m0/s1. The van der Waals surface area contributed by atoms with E-state index in [2.05, 4.69) is 5.32 Å². The summed E-state index contributed by atoms with van der Waals surface area (Å²) in [5, 5.41) is 11.9. The number of hydrogen-bond donors (Lipinski definition) is 2. The highest BCUT2D eigenvalue weighted by molar-refractivity contribution is 5.94. The van der Waals surface area contributed by atoms with Crippen LogP contribution in [0.1, 0.15) is 35.7 Å². The van der Waals surface area contributed by atoms with E-state index in [0.29, 0.717) is 24.3 Å². The summed E-state index contributed by atoms with van der Waals surface area (Å²) in [6.07, 6.45) is 0.864. The Morgan fingerprint density at radius 1 is 1.04 bits per heavy atom. The zero-order valence-electron chi connectivity index (χ0n) is 15.2. The lowest BCUT2D eigenvalue weighted by Gasteiger charge is -2.14. The zero-order valence-corrected chi connectivity index (χ0v) is 15.2. The highest BCUT2D eigenvalue weighted by atomic mass is 16.5. The van der Waals surface area contributed by atoms with Gasteiger partial charge < -0.3 is 15.2 Å². The fourth-order valence-electron chi connectivity index (χ4n) is 2.52. The van der Waals surface area contributed by atoms with E-state index >= 15 is 0 Å². The number of Topliss-reactive ketones (excluding diaryl/α,β-unsaturated/α-hetero) is 1. The van der Waals surface area contributed by atoms with E-state index in [4.69, 9.17) is 4.74 Å². The molecule has 0 saturated heterocycles. The number of amides is 1. The van der Waals surface area contributed by atoms with E-state index in [1.54, 1.807) is 24.3 Å². The van der Waals surface area contributed by atoms with Crippen molar-refractivity contribution < 1.29 is 24.2 Å². The molecule has 6 nitrogen and oxygen atoms in total. The molecular formula is C21H23NO5. The van der Waals surface area contributed by atoms with E-state index < -0.39 is 12.0 Å². The maximum Gasteiger partial charge on any atom is 0.326 e. The quantitative estimate of drug-likeness (QED) is 0.496. The number of carboxylic acid groups (broad SMARTS) is 1. The molecule has 2 rings (SSSR count). The zero-order chi connectivity index (χ0) is 19.6. The summed E-state index contributed by atoms with van der Waals surface area (Å²) in [4.78, 5) is 34.6. The van der Waals surface area contributed by atoms with Crippen LogP contribution in [0, 0.1) is 0 Å². The molecule has 0 bridgehead atoms. The number of carbonyl (C=O) groups excluding carboxylic acids is 2. The molecule has 6 heteroatoms. The molecule has 0 aliphatic heterocycles. The maximum atomic E-state index is 12.0. The smallest absolute Gasteiger partial charge is 0.326 e. The number of benzene rings is 2. The van der Waals surface area contributed by atoms with Crippen molar-refractivity contribution in [1.29, 1.82) is 0 Å². The maximum absolute atomic E-state index is 12.0.